The van der Waals surface area contributed by atoms with Crippen molar-refractivity contribution in [2.45, 2.75) is 19.0 Å². The largest absolute Gasteiger partial charge is 0.503 e. The summed E-state index contributed by atoms with van der Waals surface area (Å²) < 4.78 is 28.7. The molecule has 0 saturated heterocycles. The molecule has 2 bridgehead atoms. The summed E-state index contributed by atoms with van der Waals surface area (Å²) in [4.78, 5) is 39.3. The number of carbonyl (C=O) groups is 2. The van der Waals surface area contributed by atoms with Crippen LogP contribution in [0.2, 0.25) is 5.02 Å². The number of hydrogen-bond acceptors (Lipinski definition) is 4. The molecule has 2 N–H and O–H groups in total. The van der Waals surface area contributed by atoms with Crippen molar-refractivity contribution in [2.24, 2.45) is 0 Å². The van der Waals surface area contributed by atoms with Crippen molar-refractivity contribution in [2.75, 3.05) is 13.1 Å². The Bertz CT molecular complexity index is 1160. The molecule has 1 aromatic carbocycles. The topological polar surface area (TPSA) is 91.6 Å². The molecular weight excluding hydrogens is 420 g/mol. The number of amides is 2. The molecule has 156 valence electrons. The van der Waals surface area contributed by atoms with Gasteiger partial charge in [-0.1, -0.05) is 29.8 Å². The van der Waals surface area contributed by atoms with Gasteiger partial charge in [-0.2, -0.15) is 0 Å². The van der Waals surface area contributed by atoms with Gasteiger partial charge in [0, 0.05) is 31.4 Å². The van der Waals surface area contributed by atoms with E-state index >= 15 is 0 Å². The monoisotopic (exact) mass is 435 g/mol. The van der Waals surface area contributed by atoms with E-state index in [2.05, 4.69) is 5.32 Å². The van der Waals surface area contributed by atoms with Crippen LogP contribution in [0.4, 0.5) is 8.78 Å². The molecule has 3 heterocycles. The third-order valence-electron chi connectivity index (χ3n) is 5.19. The Morgan fingerprint density at radius 1 is 1.30 bits per heavy atom. The number of nitrogens with zero attached hydrogens (tertiary/aromatic N) is 2. The van der Waals surface area contributed by atoms with Crippen LogP contribution in [0.5, 0.6) is 5.75 Å². The molecule has 1 aromatic heterocycles. The van der Waals surface area contributed by atoms with Crippen LogP contribution in [-0.4, -0.2) is 39.5 Å². The lowest BCUT2D eigenvalue weighted by atomic mass is 10.1. The number of aromatic nitrogens is 1. The summed E-state index contributed by atoms with van der Waals surface area (Å²) in [6.45, 7) is 0.459. The zero-order chi connectivity index (χ0) is 21.6. The first-order valence-corrected chi connectivity index (χ1v) is 9.52. The van der Waals surface area contributed by atoms with E-state index in [0.29, 0.717) is 19.5 Å². The Balaban J connectivity index is 1.67. The normalized spacial score (nSPS) is 17.5. The van der Waals surface area contributed by atoms with Crippen molar-refractivity contribution < 1.29 is 23.5 Å². The summed E-state index contributed by atoms with van der Waals surface area (Å²) in [5.74, 6) is -4.13. The molecule has 2 amide bonds. The molecule has 0 saturated carbocycles. The smallest absolute Gasteiger partial charge is 0.274 e. The molecule has 2 aliphatic rings. The number of nitrogens with one attached hydrogen (secondary N) is 1. The first kappa shape index (κ1) is 20.1. The molecule has 0 spiro atoms. The maximum atomic E-state index is 14.0. The fourth-order valence-electron chi connectivity index (χ4n) is 3.60. The lowest BCUT2D eigenvalue weighted by molar-refractivity contribution is 0.0687. The zero-order valence-corrected chi connectivity index (χ0v) is 16.2. The van der Waals surface area contributed by atoms with E-state index in [1.165, 1.54) is 10.8 Å². The van der Waals surface area contributed by atoms with Crippen LogP contribution >= 0.6 is 11.6 Å². The highest BCUT2D eigenvalue weighted by Crippen LogP contribution is 2.29. The van der Waals surface area contributed by atoms with Crippen molar-refractivity contribution >= 4 is 23.4 Å². The molecule has 0 radical (unpaired) electrons. The van der Waals surface area contributed by atoms with E-state index in [1.807, 2.05) is 12.2 Å². The molecule has 0 fully saturated rings. The third-order valence-corrected chi connectivity index (χ3v) is 5.53. The predicted molar refractivity (Wildman–Crippen MR) is 104 cm³/mol. The molecular formula is C20H16ClF2N3O4. The van der Waals surface area contributed by atoms with E-state index in [4.69, 9.17) is 11.6 Å². The molecule has 2 aliphatic heterocycles. The first-order chi connectivity index (χ1) is 14.3. The van der Waals surface area contributed by atoms with Crippen LogP contribution in [-0.2, 0) is 6.54 Å². The quantitative estimate of drug-likeness (QED) is 0.572. The lowest BCUT2D eigenvalue weighted by Crippen LogP contribution is -2.44. The fourth-order valence-corrected chi connectivity index (χ4v) is 3.79. The van der Waals surface area contributed by atoms with Crippen LogP contribution in [0.25, 0.3) is 0 Å². The predicted octanol–water partition coefficient (Wildman–Crippen LogP) is 2.37. The zero-order valence-electron chi connectivity index (χ0n) is 15.5. The van der Waals surface area contributed by atoms with E-state index in [1.54, 1.807) is 4.90 Å². The summed E-state index contributed by atoms with van der Waals surface area (Å²) >= 11 is 5.53. The second-order valence-electron chi connectivity index (χ2n) is 7.03. The Hall–Kier alpha value is -3.20. The Morgan fingerprint density at radius 3 is 2.83 bits per heavy atom. The van der Waals surface area contributed by atoms with Gasteiger partial charge in [-0.3, -0.25) is 14.4 Å². The van der Waals surface area contributed by atoms with Gasteiger partial charge >= 0.3 is 0 Å². The number of rotatable bonds is 3. The van der Waals surface area contributed by atoms with Crippen molar-refractivity contribution in [1.29, 1.82) is 0 Å². The summed E-state index contributed by atoms with van der Waals surface area (Å²) in [7, 11) is 0. The third kappa shape index (κ3) is 3.24. The number of carbonyl (C=O) groups excluding carboxylic acids is 2. The Kier molecular flexibility index (Phi) is 5.07. The van der Waals surface area contributed by atoms with E-state index in [0.717, 1.165) is 12.1 Å². The van der Waals surface area contributed by atoms with Gasteiger partial charge in [-0.15, -0.1) is 0 Å². The molecule has 10 heteroatoms. The highest BCUT2D eigenvalue weighted by molar-refractivity contribution is 6.30. The van der Waals surface area contributed by atoms with Crippen LogP contribution < -0.4 is 10.7 Å². The summed E-state index contributed by atoms with van der Waals surface area (Å²) in [5.41, 5.74) is -1.65. The fraction of sp³-hybridized carbons (Fsp3) is 0.250. The Morgan fingerprint density at radius 2 is 2.07 bits per heavy atom. The molecule has 2 aromatic rings. The van der Waals surface area contributed by atoms with Crippen molar-refractivity contribution in [1.82, 2.24) is 14.8 Å². The summed E-state index contributed by atoms with van der Waals surface area (Å²) in [6, 6.07) is 1.74. The van der Waals surface area contributed by atoms with Gasteiger partial charge in [0.1, 0.15) is 22.2 Å². The van der Waals surface area contributed by atoms with Gasteiger partial charge in [-0.05, 0) is 12.5 Å². The van der Waals surface area contributed by atoms with Crippen LogP contribution in [0.3, 0.4) is 0 Å². The lowest BCUT2D eigenvalue weighted by Gasteiger charge is -2.33. The first-order valence-electron chi connectivity index (χ1n) is 9.14. The van der Waals surface area contributed by atoms with Gasteiger partial charge in [0.25, 0.3) is 11.8 Å². The number of aromatic hydroxyl groups is 1. The van der Waals surface area contributed by atoms with Gasteiger partial charge in [-0.25, -0.2) is 8.78 Å². The number of halogens is 3. The number of hydrogen-bond donors (Lipinski definition) is 2. The minimum absolute atomic E-state index is 0.0745. The average Bonchev–Trinajstić information content (AvgIpc) is 2.95. The molecule has 4 rings (SSSR count). The van der Waals surface area contributed by atoms with E-state index < -0.39 is 45.2 Å². The van der Waals surface area contributed by atoms with Gasteiger partial charge < -0.3 is 19.9 Å². The molecule has 0 aliphatic carbocycles. The SMILES string of the molecule is O=C(NCc1ccc(F)c(Cl)c1F)c1cn2c(c(O)c1=O)C(=O)N1CCC=C[C@H]2C1. The molecule has 30 heavy (non-hydrogen) atoms. The second kappa shape index (κ2) is 7.56. The average molecular weight is 436 g/mol. The van der Waals surface area contributed by atoms with Crippen LogP contribution in [0.1, 0.15) is 38.9 Å². The molecule has 0 unspecified atom stereocenters. The second-order valence-corrected chi connectivity index (χ2v) is 7.41. The summed E-state index contributed by atoms with van der Waals surface area (Å²) in [5, 5.41) is 12.0. The van der Waals surface area contributed by atoms with Crippen LogP contribution in [0.15, 0.2) is 35.3 Å². The minimum atomic E-state index is -1.02. The standard InChI is InChI=1S/C20H16ClF2N3O4/c21-14-13(22)5-4-10(15(14)23)7-24-19(29)12-9-26-11-3-1-2-6-25(8-11)20(30)16(26)18(28)17(12)27/h1,3-5,9,11,28H,2,6-8H2,(H,24,29)/t11-/m0/s1. The molecule has 7 nitrogen and oxygen atoms in total. The van der Waals surface area contributed by atoms with E-state index in [-0.39, 0.29) is 23.8 Å². The van der Waals surface area contributed by atoms with Crippen molar-refractivity contribution in [3.8, 4) is 5.75 Å². The summed E-state index contributed by atoms with van der Waals surface area (Å²) in [6.07, 6.45) is 5.59. The molecule has 1 atom stereocenters. The van der Waals surface area contributed by atoms with Crippen molar-refractivity contribution in [3.05, 3.63) is 74.2 Å². The highest BCUT2D eigenvalue weighted by atomic mass is 35.5. The van der Waals surface area contributed by atoms with Gasteiger partial charge in [0.2, 0.25) is 5.43 Å². The maximum Gasteiger partial charge on any atom is 0.274 e. The number of pyridine rings is 1. The Labute approximate surface area is 174 Å². The maximum absolute atomic E-state index is 14.0. The number of fused-ring (bicyclic) bond motifs is 4. The van der Waals surface area contributed by atoms with Crippen LogP contribution in [0, 0.1) is 11.6 Å². The van der Waals surface area contributed by atoms with E-state index in [9.17, 15) is 28.3 Å². The number of benzene rings is 1. The highest BCUT2D eigenvalue weighted by Gasteiger charge is 2.35. The van der Waals surface area contributed by atoms with Gasteiger partial charge in [0.15, 0.2) is 11.4 Å². The van der Waals surface area contributed by atoms with Gasteiger partial charge in [0.05, 0.1) is 6.04 Å². The van der Waals surface area contributed by atoms with Crippen molar-refractivity contribution in [3.63, 3.8) is 0 Å². The minimum Gasteiger partial charge on any atom is -0.503 e.